The number of carbonyl (C=O) groups is 1. The van der Waals surface area contributed by atoms with E-state index >= 15 is 0 Å². The van der Waals surface area contributed by atoms with Crippen molar-refractivity contribution in [1.82, 2.24) is 5.32 Å². The summed E-state index contributed by atoms with van der Waals surface area (Å²) in [4.78, 5) is 11.6. The Balaban J connectivity index is 1.82. The molecule has 1 N–H and O–H groups in total. The van der Waals surface area contributed by atoms with Crippen LogP contribution in [-0.4, -0.2) is 12.1 Å². The topological polar surface area (TPSA) is 38.3 Å². The van der Waals surface area contributed by atoms with Gasteiger partial charge in [-0.3, -0.25) is 0 Å². The summed E-state index contributed by atoms with van der Waals surface area (Å²) in [6, 6.07) is 7.03. The van der Waals surface area contributed by atoms with Crippen molar-refractivity contribution in [3.63, 3.8) is 0 Å². The number of ether oxygens (including phenoxy) is 1. The summed E-state index contributed by atoms with van der Waals surface area (Å²) in [6.07, 6.45) is 5.37. The van der Waals surface area contributed by atoms with Gasteiger partial charge in [0.15, 0.2) is 0 Å². The Morgan fingerprint density at radius 2 is 1.82 bits per heavy atom. The summed E-state index contributed by atoms with van der Waals surface area (Å²) >= 11 is 5.75. The van der Waals surface area contributed by atoms with Gasteiger partial charge in [-0.05, 0) is 37.1 Å². The van der Waals surface area contributed by atoms with Gasteiger partial charge in [-0.1, -0.05) is 30.9 Å². The molecule has 1 aliphatic carbocycles. The molecule has 1 aromatic rings. The van der Waals surface area contributed by atoms with Crippen LogP contribution in [0.4, 0.5) is 4.79 Å². The Hall–Kier alpha value is -1.22. The summed E-state index contributed by atoms with van der Waals surface area (Å²) in [5.74, 6) is 0.516. The van der Waals surface area contributed by atoms with Crippen LogP contribution in [0.3, 0.4) is 0 Å². The van der Waals surface area contributed by atoms with Gasteiger partial charge in [-0.25, -0.2) is 4.79 Å². The fraction of sp³-hybridized carbons (Fsp3) is 0.462. The molecule has 0 radical (unpaired) electrons. The van der Waals surface area contributed by atoms with Crippen LogP contribution in [0.2, 0.25) is 5.02 Å². The van der Waals surface area contributed by atoms with Gasteiger partial charge in [0.1, 0.15) is 5.75 Å². The van der Waals surface area contributed by atoms with Crippen LogP contribution in [-0.2, 0) is 0 Å². The van der Waals surface area contributed by atoms with E-state index in [-0.39, 0.29) is 12.1 Å². The lowest BCUT2D eigenvalue weighted by molar-refractivity contribution is 0.192. The molecule has 1 fully saturated rings. The third-order valence-electron chi connectivity index (χ3n) is 2.95. The predicted octanol–water partition coefficient (Wildman–Crippen LogP) is 3.76. The van der Waals surface area contributed by atoms with Gasteiger partial charge in [-0.2, -0.15) is 0 Å². The van der Waals surface area contributed by atoms with Crippen molar-refractivity contribution < 1.29 is 9.53 Å². The molecule has 2 rings (SSSR count). The molecule has 0 aliphatic heterocycles. The summed E-state index contributed by atoms with van der Waals surface area (Å²) in [5.41, 5.74) is 0. The van der Waals surface area contributed by atoms with Gasteiger partial charge < -0.3 is 10.1 Å². The van der Waals surface area contributed by atoms with E-state index in [4.69, 9.17) is 16.3 Å². The number of nitrogens with one attached hydrogen (secondary N) is 1. The second-order valence-corrected chi connectivity index (χ2v) is 4.76. The molecule has 92 valence electrons. The highest BCUT2D eigenvalue weighted by atomic mass is 35.5. The van der Waals surface area contributed by atoms with Crippen LogP contribution in [0.15, 0.2) is 24.3 Å². The fourth-order valence-electron chi connectivity index (χ4n) is 2.05. The second-order valence-electron chi connectivity index (χ2n) is 4.32. The number of carbonyl (C=O) groups excluding carboxylic acids is 1. The van der Waals surface area contributed by atoms with E-state index in [0.717, 1.165) is 12.8 Å². The fourth-order valence-corrected chi connectivity index (χ4v) is 2.18. The molecule has 4 heteroatoms. The highest BCUT2D eigenvalue weighted by Gasteiger charge is 2.16. The van der Waals surface area contributed by atoms with Gasteiger partial charge >= 0.3 is 6.09 Å². The van der Waals surface area contributed by atoms with Crippen molar-refractivity contribution in [2.24, 2.45) is 0 Å². The minimum Gasteiger partial charge on any atom is -0.410 e. The first-order valence-corrected chi connectivity index (χ1v) is 6.36. The second kappa shape index (κ2) is 5.92. The first kappa shape index (κ1) is 12.2. The molecule has 1 saturated carbocycles. The molecule has 0 spiro atoms. The minimum absolute atomic E-state index is 0.267. The average molecular weight is 254 g/mol. The lowest BCUT2D eigenvalue weighted by Gasteiger charge is -2.22. The van der Waals surface area contributed by atoms with Crippen LogP contribution < -0.4 is 10.1 Å². The van der Waals surface area contributed by atoms with Crippen molar-refractivity contribution in [3.05, 3.63) is 29.3 Å². The van der Waals surface area contributed by atoms with Crippen molar-refractivity contribution in [2.45, 2.75) is 38.1 Å². The van der Waals surface area contributed by atoms with E-state index in [1.54, 1.807) is 24.3 Å². The SMILES string of the molecule is O=C(NC1CCCCC1)Oc1ccc(Cl)cc1. The molecule has 3 nitrogen and oxygen atoms in total. The maximum Gasteiger partial charge on any atom is 0.412 e. The zero-order valence-electron chi connectivity index (χ0n) is 9.62. The zero-order chi connectivity index (χ0) is 12.1. The molecule has 0 aromatic heterocycles. The monoisotopic (exact) mass is 253 g/mol. The van der Waals surface area contributed by atoms with Crippen LogP contribution in [0, 0.1) is 0 Å². The van der Waals surface area contributed by atoms with Crippen molar-refractivity contribution in [2.75, 3.05) is 0 Å². The number of rotatable bonds is 2. The van der Waals surface area contributed by atoms with Gasteiger partial charge in [-0.15, -0.1) is 0 Å². The molecule has 0 heterocycles. The molecule has 1 aliphatic rings. The molecular formula is C13H16ClNO2. The largest absolute Gasteiger partial charge is 0.412 e. The normalized spacial score (nSPS) is 16.5. The van der Waals surface area contributed by atoms with Gasteiger partial charge in [0.25, 0.3) is 0 Å². The van der Waals surface area contributed by atoms with E-state index in [1.165, 1.54) is 19.3 Å². The maximum absolute atomic E-state index is 11.6. The van der Waals surface area contributed by atoms with Crippen LogP contribution in [0.25, 0.3) is 0 Å². The average Bonchev–Trinajstić information content (AvgIpc) is 2.33. The Morgan fingerprint density at radius 3 is 2.47 bits per heavy atom. The minimum atomic E-state index is -0.376. The lowest BCUT2D eigenvalue weighted by atomic mass is 9.96. The number of amides is 1. The zero-order valence-corrected chi connectivity index (χ0v) is 10.4. The molecular weight excluding hydrogens is 238 g/mol. The summed E-state index contributed by atoms with van der Waals surface area (Å²) in [5, 5.41) is 3.52. The van der Waals surface area contributed by atoms with E-state index in [9.17, 15) is 4.79 Å². The summed E-state index contributed by atoms with van der Waals surface area (Å²) in [7, 11) is 0. The highest BCUT2D eigenvalue weighted by Crippen LogP contribution is 2.18. The first-order valence-electron chi connectivity index (χ1n) is 5.98. The quantitative estimate of drug-likeness (QED) is 0.872. The molecule has 0 bridgehead atoms. The maximum atomic E-state index is 11.6. The van der Waals surface area contributed by atoms with Crippen LogP contribution in [0.5, 0.6) is 5.75 Å². The third-order valence-corrected chi connectivity index (χ3v) is 3.20. The van der Waals surface area contributed by atoms with Gasteiger partial charge in [0.2, 0.25) is 0 Å². The van der Waals surface area contributed by atoms with Crippen molar-refractivity contribution in [1.29, 1.82) is 0 Å². The number of hydrogen-bond donors (Lipinski definition) is 1. The summed E-state index contributed by atoms with van der Waals surface area (Å²) < 4.78 is 5.16. The highest BCUT2D eigenvalue weighted by molar-refractivity contribution is 6.30. The molecule has 1 aromatic carbocycles. The Bertz CT molecular complexity index is 372. The predicted molar refractivity (Wildman–Crippen MR) is 67.5 cm³/mol. The van der Waals surface area contributed by atoms with E-state index in [2.05, 4.69) is 5.32 Å². The lowest BCUT2D eigenvalue weighted by Crippen LogP contribution is -2.37. The van der Waals surface area contributed by atoms with E-state index < -0.39 is 0 Å². The molecule has 1 amide bonds. The van der Waals surface area contributed by atoms with E-state index in [1.807, 2.05) is 0 Å². The van der Waals surface area contributed by atoms with E-state index in [0.29, 0.717) is 10.8 Å². The van der Waals surface area contributed by atoms with Gasteiger partial charge in [0.05, 0.1) is 0 Å². The first-order chi connectivity index (χ1) is 8.24. The Morgan fingerprint density at radius 1 is 1.18 bits per heavy atom. The number of benzene rings is 1. The molecule has 0 atom stereocenters. The number of halogens is 1. The Kier molecular flexibility index (Phi) is 4.26. The molecule has 0 unspecified atom stereocenters. The molecule has 17 heavy (non-hydrogen) atoms. The van der Waals surface area contributed by atoms with Crippen LogP contribution in [0.1, 0.15) is 32.1 Å². The van der Waals surface area contributed by atoms with Crippen molar-refractivity contribution >= 4 is 17.7 Å². The smallest absolute Gasteiger partial charge is 0.410 e. The van der Waals surface area contributed by atoms with Crippen LogP contribution >= 0.6 is 11.6 Å². The summed E-state index contributed by atoms with van der Waals surface area (Å²) in [6.45, 7) is 0. The Labute approximate surface area is 106 Å². The van der Waals surface area contributed by atoms with Crippen molar-refractivity contribution in [3.8, 4) is 5.75 Å². The standard InChI is InChI=1S/C13H16ClNO2/c14-10-6-8-12(9-7-10)17-13(16)15-11-4-2-1-3-5-11/h6-9,11H,1-5H2,(H,15,16). The third kappa shape index (κ3) is 3.93. The van der Waals surface area contributed by atoms with Gasteiger partial charge in [0, 0.05) is 11.1 Å². The number of hydrogen-bond acceptors (Lipinski definition) is 2. The molecule has 0 saturated heterocycles.